The van der Waals surface area contributed by atoms with Gasteiger partial charge in [-0.1, -0.05) is 32.4 Å². The van der Waals surface area contributed by atoms with Crippen molar-refractivity contribution in [1.82, 2.24) is 0 Å². The van der Waals surface area contributed by atoms with E-state index in [0.717, 1.165) is 24.3 Å². The molecule has 0 aliphatic carbocycles. The van der Waals surface area contributed by atoms with Crippen LogP contribution in [0.4, 0.5) is 0 Å². The summed E-state index contributed by atoms with van der Waals surface area (Å²) in [6.07, 6.45) is 5.10. The molecule has 0 N–H and O–H groups in total. The summed E-state index contributed by atoms with van der Waals surface area (Å²) in [5.41, 5.74) is 0.519. The van der Waals surface area contributed by atoms with Crippen molar-refractivity contribution in [1.29, 1.82) is 0 Å². The Morgan fingerprint density at radius 1 is 0.579 bits per heavy atom. The number of rotatable bonds is 11. The van der Waals surface area contributed by atoms with Gasteiger partial charge >= 0.3 is 29.8 Å². The summed E-state index contributed by atoms with van der Waals surface area (Å²) in [5.74, 6) is -4.48. The van der Waals surface area contributed by atoms with Gasteiger partial charge in [0.25, 0.3) is 0 Å². The number of carbonyl (C=O) groups is 5. The first-order valence-corrected chi connectivity index (χ1v) is 10.7. The summed E-state index contributed by atoms with van der Waals surface area (Å²) < 4.78 is 25.6. The van der Waals surface area contributed by atoms with E-state index in [9.17, 15) is 24.0 Å². The lowest BCUT2D eigenvalue weighted by Crippen LogP contribution is -2.11. The monoisotopic (exact) mass is 518 g/mol. The molecule has 0 saturated heterocycles. The van der Waals surface area contributed by atoms with Gasteiger partial charge in [0.2, 0.25) is 0 Å². The van der Waals surface area contributed by atoms with Gasteiger partial charge < -0.3 is 23.7 Å². The number of carbonyl (C=O) groups excluding carboxylic acids is 5. The second-order valence-electron chi connectivity index (χ2n) is 7.03. The molecule has 2 rings (SSSR count). The van der Waals surface area contributed by atoms with E-state index in [0.29, 0.717) is 5.56 Å². The molecular formula is C28H22O10. The molecule has 2 aromatic carbocycles. The van der Waals surface area contributed by atoms with Crippen molar-refractivity contribution in [3.8, 4) is 28.7 Å². The Kier molecular flexibility index (Phi) is 10.2. The first-order valence-electron chi connectivity index (χ1n) is 10.7. The lowest BCUT2D eigenvalue weighted by atomic mass is 10.1. The Morgan fingerprint density at radius 3 is 1.47 bits per heavy atom. The van der Waals surface area contributed by atoms with Gasteiger partial charge in [0, 0.05) is 35.9 Å². The van der Waals surface area contributed by atoms with Gasteiger partial charge in [0.1, 0.15) is 5.75 Å². The van der Waals surface area contributed by atoms with E-state index in [1.165, 1.54) is 49.4 Å². The first-order chi connectivity index (χ1) is 18.1. The predicted octanol–water partition coefficient (Wildman–Crippen LogP) is 4.06. The second kappa shape index (κ2) is 13.5. The van der Waals surface area contributed by atoms with Crippen molar-refractivity contribution in [2.24, 2.45) is 0 Å². The SMILES string of the molecule is C=CC(=O)Oc1ccc(/C=C(\C)C(=O)Oc2ccc(OC(=O)C=C)c(OC(=O)C=C)c2)cc1OC(=O)C=C. The lowest BCUT2D eigenvalue weighted by molar-refractivity contribution is -0.131. The summed E-state index contributed by atoms with van der Waals surface area (Å²) >= 11 is 0. The second-order valence-corrected chi connectivity index (χ2v) is 7.03. The fraction of sp³-hybridized carbons (Fsp3) is 0.0357. The minimum atomic E-state index is -0.837. The average Bonchev–Trinajstić information content (AvgIpc) is 2.90. The van der Waals surface area contributed by atoms with Crippen LogP contribution >= 0.6 is 0 Å². The molecule has 0 aliphatic heterocycles. The van der Waals surface area contributed by atoms with Crippen molar-refractivity contribution in [2.45, 2.75) is 6.92 Å². The fourth-order valence-electron chi connectivity index (χ4n) is 2.59. The van der Waals surface area contributed by atoms with E-state index in [1.54, 1.807) is 0 Å². The molecule has 0 heterocycles. The molecule has 0 spiro atoms. The maximum Gasteiger partial charge on any atom is 0.339 e. The van der Waals surface area contributed by atoms with Crippen molar-refractivity contribution in [3.63, 3.8) is 0 Å². The molecule has 0 aromatic heterocycles. The van der Waals surface area contributed by atoms with E-state index in [4.69, 9.17) is 23.7 Å². The summed E-state index contributed by atoms with van der Waals surface area (Å²) in [4.78, 5) is 59.1. The molecule has 0 aliphatic rings. The van der Waals surface area contributed by atoms with Crippen LogP contribution in [-0.4, -0.2) is 29.8 Å². The summed E-state index contributed by atoms with van der Waals surface area (Å²) in [5, 5.41) is 0. The minimum absolute atomic E-state index is 0.0275. The summed E-state index contributed by atoms with van der Waals surface area (Å²) in [6, 6.07) is 7.98. The summed E-state index contributed by atoms with van der Waals surface area (Å²) in [7, 11) is 0. The fourth-order valence-corrected chi connectivity index (χ4v) is 2.59. The molecule has 0 saturated carbocycles. The molecule has 0 bridgehead atoms. The Hall–Kier alpha value is -5.51. The molecule has 0 fully saturated rings. The molecule has 10 nitrogen and oxygen atoms in total. The Balaban J connectivity index is 2.31. The topological polar surface area (TPSA) is 132 Å². The third kappa shape index (κ3) is 8.31. The normalized spacial score (nSPS) is 10.3. The smallest absolute Gasteiger partial charge is 0.339 e. The van der Waals surface area contributed by atoms with Gasteiger partial charge in [-0.05, 0) is 42.8 Å². The Morgan fingerprint density at radius 2 is 1.00 bits per heavy atom. The van der Waals surface area contributed by atoms with E-state index < -0.39 is 29.8 Å². The summed E-state index contributed by atoms with van der Waals surface area (Å²) in [6.45, 7) is 14.7. The van der Waals surface area contributed by atoms with E-state index in [2.05, 4.69) is 26.3 Å². The highest BCUT2D eigenvalue weighted by molar-refractivity contribution is 5.95. The minimum Gasteiger partial charge on any atom is -0.423 e. The van der Waals surface area contributed by atoms with Gasteiger partial charge in [-0.25, -0.2) is 24.0 Å². The van der Waals surface area contributed by atoms with Crippen molar-refractivity contribution in [2.75, 3.05) is 0 Å². The quantitative estimate of drug-likeness (QED) is 0.244. The number of esters is 5. The Labute approximate surface area is 217 Å². The molecule has 10 heteroatoms. The van der Waals surface area contributed by atoms with Crippen LogP contribution < -0.4 is 23.7 Å². The van der Waals surface area contributed by atoms with Crippen molar-refractivity contribution < 1.29 is 47.7 Å². The van der Waals surface area contributed by atoms with E-state index in [-0.39, 0.29) is 34.3 Å². The van der Waals surface area contributed by atoms with Crippen LogP contribution in [0.5, 0.6) is 28.7 Å². The van der Waals surface area contributed by atoms with E-state index in [1.807, 2.05) is 0 Å². The third-order valence-electron chi connectivity index (χ3n) is 4.31. The van der Waals surface area contributed by atoms with E-state index >= 15 is 0 Å². The highest BCUT2D eigenvalue weighted by Crippen LogP contribution is 2.33. The van der Waals surface area contributed by atoms with Gasteiger partial charge in [0.15, 0.2) is 23.0 Å². The molecule has 38 heavy (non-hydrogen) atoms. The molecular weight excluding hydrogens is 496 g/mol. The molecule has 0 radical (unpaired) electrons. The first kappa shape index (κ1) is 28.7. The van der Waals surface area contributed by atoms with Crippen LogP contribution in [0, 0.1) is 0 Å². The molecule has 2 aromatic rings. The highest BCUT2D eigenvalue weighted by Gasteiger charge is 2.16. The third-order valence-corrected chi connectivity index (χ3v) is 4.31. The standard InChI is InChI=1S/C28H22O10/c1-6-24(29)35-20-12-10-18(15-22(20)37-26(31)8-3)14-17(5)28(33)34-19-11-13-21(36-25(30)7-2)23(16-19)38-27(32)9-4/h6-16H,1-4H2,5H3/b17-14+. The Bertz CT molecular complexity index is 1360. The van der Waals surface area contributed by atoms with Gasteiger partial charge in [0.05, 0.1) is 0 Å². The zero-order chi connectivity index (χ0) is 28.2. The van der Waals surface area contributed by atoms with Gasteiger partial charge in [-0.3, -0.25) is 0 Å². The number of ether oxygens (including phenoxy) is 5. The van der Waals surface area contributed by atoms with Crippen molar-refractivity contribution in [3.05, 3.63) is 98.2 Å². The zero-order valence-corrected chi connectivity index (χ0v) is 20.3. The van der Waals surface area contributed by atoms with Crippen molar-refractivity contribution >= 4 is 35.9 Å². The number of benzene rings is 2. The van der Waals surface area contributed by atoms with Crippen LogP contribution in [0.1, 0.15) is 12.5 Å². The maximum atomic E-state index is 12.7. The molecule has 0 atom stereocenters. The van der Waals surface area contributed by atoms with Crippen LogP contribution in [0.3, 0.4) is 0 Å². The average molecular weight is 518 g/mol. The van der Waals surface area contributed by atoms with Gasteiger partial charge in [-0.2, -0.15) is 0 Å². The lowest BCUT2D eigenvalue weighted by Gasteiger charge is -2.11. The molecule has 0 unspecified atom stereocenters. The van der Waals surface area contributed by atoms with Crippen LogP contribution in [0.25, 0.3) is 6.08 Å². The maximum absolute atomic E-state index is 12.7. The largest absolute Gasteiger partial charge is 0.423 e. The van der Waals surface area contributed by atoms with Crippen LogP contribution in [0.15, 0.2) is 92.6 Å². The molecule has 0 amide bonds. The number of hydrogen-bond acceptors (Lipinski definition) is 10. The zero-order valence-electron chi connectivity index (χ0n) is 20.3. The van der Waals surface area contributed by atoms with Crippen LogP contribution in [0.2, 0.25) is 0 Å². The number of hydrogen-bond donors (Lipinski definition) is 0. The molecule has 194 valence electrons. The van der Waals surface area contributed by atoms with Gasteiger partial charge in [-0.15, -0.1) is 0 Å². The predicted molar refractivity (Wildman–Crippen MR) is 135 cm³/mol. The van der Waals surface area contributed by atoms with Crippen LogP contribution in [-0.2, 0) is 24.0 Å². The highest BCUT2D eigenvalue weighted by atomic mass is 16.6.